The predicted molar refractivity (Wildman–Crippen MR) is 84.5 cm³/mol. The highest BCUT2D eigenvalue weighted by molar-refractivity contribution is 6.01. The summed E-state index contributed by atoms with van der Waals surface area (Å²) in [5.41, 5.74) is 2.08. The quantitative estimate of drug-likeness (QED) is 0.858. The van der Waals surface area contributed by atoms with Gasteiger partial charge in [-0.3, -0.25) is 4.79 Å². The Bertz CT molecular complexity index is 676. The number of hydrogen-bond donors (Lipinski definition) is 1. The SMILES string of the molecule is Cn1ccc2cc(C(=O)C3CC4CCCC(C3)N4)ccc21. The molecule has 0 aliphatic carbocycles. The number of piperidine rings is 2. The molecule has 2 bridgehead atoms. The van der Waals surface area contributed by atoms with Crippen molar-refractivity contribution in [1.82, 2.24) is 9.88 Å². The van der Waals surface area contributed by atoms with Crippen LogP contribution >= 0.6 is 0 Å². The Morgan fingerprint density at radius 3 is 2.71 bits per heavy atom. The summed E-state index contributed by atoms with van der Waals surface area (Å²) in [6, 6.07) is 9.35. The molecule has 0 saturated carbocycles. The van der Waals surface area contributed by atoms with Gasteiger partial charge in [0.05, 0.1) is 0 Å². The summed E-state index contributed by atoms with van der Waals surface area (Å²) in [5.74, 6) is 0.557. The number of Topliss-reactive ketones (excluding diaryl/α,β-unsaturated/α-hetero) is 1. The normalized spacial score (nSPS) is 28.7. The van der Waals surface area contributed by atoms with Crippen molar-refractivity contribution in [2.24, 2.45) is 13.0 Å². The van der Waals surface area contributed by atoms with Crippen molar-refractivity contribution in [2.45, 2.75) is 44.2 Å². The van der Waals surface area contributed by atoms with E-state index >= 15 is 0 Å². The number of aryl methyl sites for hydroxylation is 1. The van der Waals surface area contributed by atoms with Crippen LogP contribution in [0.3, 0.4) is 0 Å². The van der Waals surface area contributed by atoms with E-state index in [1.165, 1.54) is 24.8 Å². The van der Waals surface area contributed by atoms with E-state index in [9.17, 15) is 4.79 Å². The van der Waals surface area contributed by atoms with Gasteiger partial charge in [0, 0.05) is 47.7 Å². The second kappa shape index (κ2) is 4.99. The van der Waals surface area contributed by atoms with E-state index in [0.29, 0.717) is 17.9 Å². The molecular weight excluding hydrogens is 260 g/mol. The zero-order valence-corrected chi connectivity index (χ0v) is 12.5. The van der Waals surface area contributed by atoms with Crippen molar-refractivity contribution >= 4 is 16.7 Å². The summed E-state index contributed by atoms with van der Waals surface area (Å²) in [6.07, 6.45) is 7.87. The Morgan fingerprint density at radius 2 is 1.95 bits per heavy atom. The van der Waals surface area contributed by atoms with Gasteiger partial charge >= 0.3 is 0 Å². The molecule has 2 aliphatic heterocycles. The maximum absolute atomic E-state index is 12.8. The molecule has 110 valence electrons. The summed E-state index contributed by atoms with van der Waals surface area (Å²) in [5, 5.41) is 4.83. The maximum Gasteiger partial charge on any atom is 0.166 e. The Hall–Kier alpha value is -1.61. The molecule has 0 spiro atoms. The molecule has 3 heteroatoms. The molecule has 2 atom stereocenters. The maximum atomic E-state index is 12.8. The van der Waals surface area contributed by atoms with Crippen LogP contribution in [0.2, 0.25) is 0 Å². The van der Waals surface area contributed by atoms with Gasteiger partial charge in [-0.1, -0.05) is 6.42 Å². The highest BCUT2D eigenvalue weighted by Gasteiger charge is 2.34. The first-order valence-corrected chi connectivity index (χ1v) is 8.06. The summed E-state index contributed by atoms with van der Waals surface area (Å²) in [7, 11) is 2.04. The monoisotopic (exact) mass is 282 g/mol. The van der Waals surface area contributed by atoms with Gasteiger partial charge in [-0.25, -0.2) is 0 Å². The average molecular weight is 282 g/mol. The summed E-state index contributed by atoms with van der Waals surface area (Å²) >= 11 is 0. The standard InChI is InChI=1S/C18H22N2O/c1-20-8-7-12-9-13(5-6-17(12)20)18(21)14-10-15-3-2-4-16(11-14)19-15/h5-9,14-16,19H,2-4,10-11H2,1H3. The molecule has 1 N–H and O–H groups in total. The molecule has 2 aromatic rings. The lowest BCUT2D eigenvalue weighted by Gasteiger charge is -2.39. The van der Waals surface area contributed by atoms with Crippen LogP contribution < -0.4 is 5.32 Å². The average Bonchev–Trinajstić information content (AvgIpc) is 2.87. The van der Waals surface area contributed by atoms with Crippen molar-refractivity contribution in [3.63, 3.8) is 0 Å². The van der Waals surface area contributed by atoms with E-state index in [-0.39, 0.29) is 5.92 Å². The lowest BCUT2D eigenvalue weighted by Crippen LogP contribution is -2.50. The van der Waals surface area contributed by atoms with Crippen LogP contribution in [0.15, 0.2) is 30.5 Å². The third kappa shape index (κ3) is 2.30. The van der Waals surface area contributed by atoms with Crippen LogP contribution in [0.4, 0.5) is 0 Å². The first kappa shape index (κ1) is 13.1. The fourth-order valence-corrected chi connectivity index (χ4v) is 4.15. The van der Waals surface area contributed by atoms with E-state index in [1.54, 1.807) is 0 Å². The van der Waals surface area contributed by atoms with Gasteiger partial charge in [-0.2, -0.15) is 0 Å². The smallest absolute Gasteiger partial charge is 0.166 e. The van der Waals surface area contributed by atoms with Gasteiger partial charge in [0.25, 0.3) is 0 Å². The predicted octanol–water partition coefficient (Wildman–Crippen LogP) is 3.28. The molecule has 2 unspecified atom stereocenters. The molecule has 1 aromatic heterocycles. The first-order chi connectivity index (χ1) is 10.2. The van der Waals surface area contributed by atoms with Crippen molar-refractivity contribution in [2.75, 3.05) is 0 Å². The first-order valence-electron chi connectivity index (χ1n) is 8.06. The summed E-state index contributed by atoms with van der Waals surface area (Å²) < 4.78 is 2.10. The fourth-order valence-electron chi connectivity index (χ4n) is 4.15. The molecule has 2 saturated heterocycles. The number of carbonyl (C=O) groups excluding carboxylic acids is 1. The lowest BCUT2D eigenvalue weighted by molar-refractivity contribution is 0.0825. The van der Waals surface area contributed by atoms with E-state index in [0.717, 1.165) is 23.8 Å². The zero-order chi connectivity index (χ0) is 14.4. The number of nitrogens with one attached hydrogen (secondary N) is 1. The van der Waals surface area contributed by atoms with Crippen molar-refractivity contribution < 1.29 is 4.79 Å². The molecule has 0 amide bonds. The van der Waals surface area contributed by atoms with E-state index < -0.39 is 0 Å². The van der Waals surface area contributed by atoms with Crippen LogP contribution in [0.5, 0.6) is 0 Å². The largest absolute Gasteiger partial charge is 0.351 e. The van der Waals surface area contributed by atoms with Gasteiger partial charge < -0.3 is 9.88 Å². The van der Waals surface area contributed by atoms with E-state index in [2.05, 4.69) is 28.1 Å². The number of benzene rings is 1. The highest BCUT2D eigenvalue weighted by atomic mass is 16.1. The molecule has 3 nitrogen and oxygen atoms in total. The van der Waals surface area contributed by atoms with Crippen LogP contribution in [-0.4, -0.2) is 22.4 Å². The Morgan fingerprint density at radius 1 is 1.19 bits per heavy atom. The number of carbonyl (C=O) groups is 1. The fraction of sp³-hybridized carbons (Fsp3) is 0.500. The van der Waals surface area contributed by atoms with Crippen LogP contribution in [0.1, 0.15) is 42.5 Å². The van der Waals surface area contributed by atoms with Crippen molar-refractivity contribution in [1.29, 1.82) is 0 Å². The number of nitrogens with zero attached hydrogens (tertiary/aromatic N) is 1. The molecule has 1 aromatic carbocycles. The molecule has 2 aliphatic rings. The highest BCUT2D eigenvalue weighted by Crippen LogP contribution is 2.32. The third-order valence-corrected chi connectivity index (χ3v) is 5.26. The van der Waals surface area contributed by atoms with Crippen molar-refractivity contribution in [3.05, 3.63) is 36.0 Å². The second-order valence-electron chi connectivity index (χ2n) is 6.72. The van der Waals surface area contributed by atoms with E-state index in [1.807, 2.05) is 19.3 Å². The topological polar surface area (TPSA) is 34.0 Å². The lowest BCUT2D eigenvalue weighted by atomic mass is 9.77. The second-order valence-corrected chi connectivity index (χ2v) is 6.72. The van der Waals surface area contributed by atoms with Crippen LogP contribution in [0, 0.1) is 5.92 Å². The van der Waals surface area contributed by atoms with E-state index in [4.69, 9.17) is 0 Å². The molecule has 0 radical (unpaired) electrons. The molecule has 2 fully saturated rings. The van der Waals surface area contributed by atoms with Gasteiger partial charge in [0.2, 0.25) is 0 Å². The number of fused-ring (bicyclic) bond motifs is 3. The minimum Gasteiger partial charge on any atom is -0.351 e. The summed E-state index contributed by atoms with van der Waals surface area (Å²) in [6.45, 7) is 0. The van der Waals surface area contributed by atoms with Gasteiger partial charge in [0.1, 0.15) is 0 Å². The molecular formula is C18H22N2O. The minimum atomic E-state index is 0.211. The number of ketones is 1. The van der Waals surface area contributed by atoms with Crippen LogP contribution in [-0.2, 0) is 7.05 Å². The number of aromatic nitrogens is 1. The number of hydrogen-bond acceptors (Lipinski definition) is 2. The van der Waals surface area contributed by atoms with Gasteiger partial charge in [-0.15, -0.1) is 0 Å². The zero-order valence-electron chi connectivity index (χ0n) is 12.5. The molecule has 3 heterocycles. The minimum absolute atomic E-state index is 0.211. The van der Waals surface area contributed by atoms with Crippen LogP contribution in [0.25, 0.3) is 10.9 Å². The van der Waals surface area contributed by atoms with Gasteiger partial charge in [0.15, 0.2) is 5.78 Å². The summed E-state index contributed by atoms with van der Waals surface area (Å²) in [4.78, 5) is 12.8. The Kier molecular flexibility index (Phi) is 3.11. The Labute approximate surface area is 125 Å². The number of rotatable bonds is 2. The molecule has 21 heavy (non-hydrogen) atoms. The Balaban J connectivity index is 1.60. The third-order valence-electron chi connectivity index (χ3n) is 5.26. The molecule has 4 rings (SSSR count). The van der Waals surface area contributed by atoms with Crippen molar-refractivity contribution in [3.8, 4) is 0 Å². The van der Waals surface area contributed by atoms with Gasteiger partial charge in [-0.05, 0) is 49.9 Å².